The van der Waals surface area contributed by atoms with Gasteiger partial charge in [0.25, 0.3) is 0 Å². The molecule has 2 nitrogen and oxygen atoms in total. The zero-order chi connectivity index (χ0) is 13.3. The largest absolute Gasteiger partial charge is 0.396 e. The number of hydrogen-bond acceptors (Lipinski definition) is 2. The topological polar surface area (TPSA) is 43.1 Å². The molecule has 0 saturated carbocycles. The van der Waals surface area contributed by atoms with Gasteiger partial charge in [-0.2, -0.15) is 0 Å². The van der Waals surface area contributed by atoms with Crippen LogP contribution in [0.5, 0.6) is 0 Å². The highest BCUT2D eigenvalue weighted by Crippen LogP contribution is 2.20. The lowest BCUT2D eigenvalue weighted by atomic mass is 10.0. The van der Waals surface area contributed by atoms with Crippen molar-refractivity contribution < 1.29 is 18.0 Å². The molecule has 2 aromatic rings. The van der Waals surface area contributed by atoms with E-state index in [1.54, 1.807) is 0 Å². The van der Waals surface area contributed by atoms with Crippen LogP contribution in [0.3, 0.4) is 0 Å². The quantitative estimate of drug-likeness (QED) is 0.658. The van der Waals surface area contributed by atoms with Gasteiger partial charge in [0.1, 0.15) is 11.6 Å². The summed E-state index contributed by atoms with van der Waals surface area (Å²) < 4.78 is 39.4. The number of rotatable bonds is 2. The van der Waals surface area contributed by atoms with Crippen LogP contribution in [0.15, 0.2) is 36.4 Å². The summed E-state index contributed by atoms with van der Waals surface area (Å²) in [6.45, 7) is 0. The van der Waals surface area contributed by atoms with E-state index in [2.05, 4.69) is 0 Å². The molecular weight excluding hydrogens is 243 g/mol. The number of carbonyl (C=O) groups excluding carboxylic acids is 1. The Balaban J connectivity index is 2.49. The Kier molecular flexibility index (Phi) is 3.06. The molecular formula is C13H8F3NO. The Morgan fingerprint density at radius 3 is 2.17 bits per heavy atom. The highest BCUT2D eigenvalue weighted by atomic mass is 19.1. The van der Waals surface area contributed by atoms with Crippen molar-refractivity contribution in [3.05, 3.63) is 65.0 Å². The molecule has 92 valence electrons. The molecule has 0 unspecified atom stereocenters. The van der Waals surface area contributed by atoms with Gasteiger partial charge in [0.15, 0.2) is 11.6 Å². The number of ketones is 1. The summed E-state index contributed by atoms with van der Waals surface area (Å²) in [7, 11) is 0. The molecule has 0 aliphatic rings. The molecule has 18 heavy (non-hydrogen) atoms. The first-order chi connectivity index (χ1) is 8.49. The van der Waals surface area contributed by atoms with Gasteiger partial charge >= 0.3 is 0 Å². The van der Waals surface area contributed by atoms with Crippen LogP contribution in [0.2, 0.25) is 0 Å². The van der Waals surface area contributed by atoms with E-state index in [-0.39, 0.29) is 5.56 Å². The van der Waals surface area contributed by atoms with Crippen molar-refractivity contribution in [3.63, 3.8) is 0 Å². The van der Waals surface area contributed by atoms with Crippen LogP contribution in [0.25, 0.3) is 0 Å². The molecule has 0 radical (unpaired) electrons. The summed E-state index contributed by atoms with van der Waals surface area (Å²) in [5.41, 5.74) is 4.37. The van der Waals surface area contributed by atoms with Crippen LogP contribution in [0.4, 0.5) is 18.9 Å². The molecule has 0 spiro atoms. The highest BCUT2D eigenvalue weighted by molar-refractivity contribution is 6.09. The molecule has 0 aliphatic carbocycles. The van der Waals surface area contributed by atoms with Crippen LogP contribution in [0, 0.1) is 17.5 Å². The minimum absolute atomic E-state index is 0.0558. The van der Waals surface area contributed by atoms with Crippen LogP contribution in [-0.4, -0.2) is 5.78 Å². The smallest absolute Gasteiger partial charge is 0.196 e. The molecule has 2 rings (SSSR count). The van der Waals surface area contributed by atoms with Crippen LogP contribution >= 0.6 is 0 Å². The lowest BCUT2D eigenvalue weighted by Gasteiger charge is -2.05. The molecule has 2 aromatic carbocycles. The lowest BCUT2D eigenvalue weighted by molar-refractivity contribution is 0.103. The Labute approximate surface area is 101 Å². The summed E-state index contributed by atoms with van der Waals surface area (Å²) in [5.74, 6) is -3.06. The van der Waals surface area contributed by atoms with E-state index in [4.69, 9.17) is 5.73 Å². The number of benzene rings is 2. The molecule has 0 amide bonds. The van der Waals surface area contributed by atoms with E-state index >= 15 is 0 Å². The summed E-state index contributed by atoms with van der Waals surface area (Å²) in [4.78, 5) is 11.9. The fraction of sp³-hybridized carbons (Fsp3) is 0. The molecule has 0 aromatic heterocycles. The third-order valence-electron chi connectivity index (χ3n) is 2.42. The molecule has 0 fully saturated rings. The Hall–Kier alpha value is -2.30. The summed E-state index contributed by atoms with van der Waals surface area (Å²) >= 11 is 0. The van der Waals surface area contributed by atoms with E-state index in [0.717, 1.165) is 24.3 Å². The second kappa shape index (κ2) is 4.52. The molecule has 0 aliphatic heterocycles. The van der Waals surface area contributed by atoms with Gasteiger partial charge in [-0.15, -0.1) is 0 Å². The average molecular weight is 251 g/mol. The number of nitrogen functional groups attached to an aromatic ring is 1. The monoisotopic (exact) mass is 251 g/mol. The fourth-order valence-electron chi connectivity index (χ4n) is 1.53. The van der Waals surface area contributed by atoms with E-state index in [9.17, 15) is 18.0 Å². The molecule has 0 heterocycles. The maximum absolute atomic E-state index is 13.6. The van der Waals surface area contributed by atoms with Crippen molar-refractivity contribution in [2.75, 3.05) is 5.73 Å². The lowest BCUT2D eigenvalue weighted by Crippen LogP contribution is -2.07. The number of nitrogens with two attached hydrogens (primary N) is 1. The third kappa shape index (κ3) is 2.20. The van der Waals surface area contributed by atoms with Crippen molar-refractivity contribution in [1.82, 2.24) is 0 Å². The van der Waals surface area contributed by atoms with Gasteiger partial charge in [0, 0.05) is 5.56 Å². The molecule has 2 N–H and O–H groups in total. The minimum Gasteiger partial charge on any atom is -0.396 e. The van der Waals surface area contributed by atoms with Crippen molar-refractivity contribution in [3.8, 4) is 0 Å². The predicted molar refractivity (Wildman–Crippen MR) is 60.6 cm³/mol. The van der Waals surface area contributed by atoms with Gasteiger partial charge in [0.2, 0.25) is 0 Å². The standard InChI is InChI=1S/C13H8F3NO/c14-8-3-1-7(2-4-8)13(18)10-5-9(15)6-11(17)12(10)16/h1-6H,17H2. The Morgan fingerprint density at radius 1 is 0.944 bits per heavy atom. The molecule has 0 saturated heterocycles. The fourth-order valence-corrected chi connectivity index (χ4v) is 1.53. The zero-order valence-corrected chi connectivity index (χ0v) is 9.08. The number of halogens is 3. The van der Waals surface area contributed by atoms with Gasteiger partial charge in [0.05, 0.1) is 11.3 Å². The van der Waals surface area contributed by atoms with Crippen LogP contribution < -0.4 is 5.73 Å². The second-order valence-corrected chi connectivity index (χ2v) is 3.69. The summed E-state index contributed by atoms with van der Waals surface area (Å²) in [6, 6.07) is 6.06. The van der Waals surface area contributed by atoms with Crippen LogP contribution in [-0.2, 0) is 0 Å². The molecule has 5 heteroatoms. The van der Waals surface area contributed by atoms with Gasteiger partial charge in [-0.25, -0.2) is 13.2 Å². The SMILES string of the molecule is Nc1cc(F)cc(C(=O)c2ccc(F)cc2)c1F. The maximum atomic E-state index is 13.6. The van der Waals surface area contributed by atoms with E-state index < -0.39 is 34.5 Å². The van der Waals surface area contributed by atoms with Crippen LogP contribution in [0.1, 0.15) is 15.9 Å². The van der Waals surface area contributed by atoms with Crippen molar-refractivity contribution >= 4 is 11.5 Å². The number of hydrogen-bond donors (Lipinski definition) is 1. The first-order valence-electron chi connectivity index (χ1n) is 5.04. The average Bonchev–Trinajstić information content (AvgIpc) is 2.34. The first-order valence-corrected chi connectivity index (χ1v) is 5.04. The number of carbonyl (C=O) groups is 1. The zero-order valence-electron chi connectivity index (χ0n) is 9.08. The van der Waals surface area contributed by atoms with Gasteiger partial charge in [-0.3, -0.25) is 4.79 Å². The van der Waals surface area contributed by atoms with E-state index in [1.807, 2.05) is 0 Å². The predicted octanol–water partition coefficient (Wildman–Crippen LogP) is 2.92. The Morgan fingerprint density at radius 2 is 1.56 bits per heavy atom. The van der Waals surface area contributed by atoms with Crippen molar-refractivity contribution in [2.45, 2.75) is 0 Å². The summed E-state index contributed by atoms with van der Waals surface area (Å²) in [6.07, 6.45) is 0. The van der Waals surface area contributed by atoms with Gasteiger partial charge < -0.3 is 5.73 Å². The van der Waals surface area contributed by atoms with Gasteiger partial charge in [-0.1, -0.05) is 0 Å². The first kappa shape index (κ1) is 12.2. The normalized spacial score (nSPS) is 10.4. The van der Waals surface area contributed by atoms with E-state index in [0.29, 0.717) is 0 Å². The van der Waals surface area contributed by atoms with E-state index in [1.165, 1.54) is 12.1 Å². The van der Waals surface area contributed by atoms with Gasteiger partial charge in [-0.05, 0) is 36.4 Å². The number of anilines is 1. The second-order valence-electron chi connectivity index (χ2n) is 3.69. The van der Waals surface area contributed by atoms with Crippen molar-refractivity contribution in [1.29, 1.82) is 0 Å². The third-order valence-corrected chi connectivity index (χ3v) is 2.42. The maximum Gasteiger partial charge on any atom is 0.196 e. The summed E-state index contributed by atoms with van der Waals surface area (Å²) in [5, 5.41) is 0. The molecule has 0 bridgehead atoms. The Bertz CT molecular complexity index is 608. The highest BCUT2D eigenvalue weighted by Gasteiger charge is 2.17. The minimum atomic E-state index is -0.981. The molecule has 0 atom stereocenters. The van der Waals surface area contributed by atoms with Crippen molar-refractivity contribution in [2.24, 2.45) is 0 Å².